The third kappa shape index (κ3) is 4.64. The van der Waals surface area contributed by atoms with Gasteiger partial charge in [-0.1, -0.05) is 24.3 Å². The number of hydrogen-bond acceptors (Lipinski definition) is 7. The summed E-state index contributed by atoms with van der Waals surface area (Å²) >= 11 is 0. The highest BCUT2D eigenvalue weighted by Crippen LogP contribution is 2.23. The van der Waals surface area contributed by atoms with Crippen molar-refractivity contribution in [3.05, 3.63) is 83.3 Å². The monoisotopic (exact) mass is 476 g/mol. The van der Waals surface area contributed by atoms with Gasteiger partial charge in [0.2, 0.25) is 10.0 Å². The number of sulfonamides is 1. The molecule has 0 N–H and O–H groups in total. The third-order valence-corrected chi connectivity index (χ3v) is 7.36. The molecule has 9 nitrogen and oxygen atoms in total. The number of amides is 1. The number of carbonyl (C=O) groups excluding carboxylic acids is 1. The van der Waals surface area contributed by atoms with Crippen molar-refractivity contribution in [2.45, 2.75) is 11.5 Å². The van der Waals surface area contributed by atoms with Gasteiger partial charge in [-0.15, -0.1) is 0 Å². The summed E-state index contributed by atoms with van der Waals surface area (Å²) in [4.78, 5) is 14.3. The number of furan rings is 1. The van der Waals surface area contributed by atoms with Gasteiger partial charge in [0.15, 0.2) is 5.76 Å². The van der Waals surface area contributed by atoms with Gasteiger partial charge in [0.1, 0.15) is 30.3 Å². The Bertz CT molecular complexity index is 1390. The van der Waals surface area contributed by atoms with Crippen molar-refractivity contribution in [1.29, 1.82) is 10.5 Å². The molecule has 0 aliphatic carbocycles. The van der Waals surface area contributed by atoms with Gasteiger partial charge in [-0.25, -0.2) is 8.42 Å². The lowest BCUT2D eigenvalue weighted by molar-refractivity contribution is 0.0662. The zero-order chi connectivity index (χ0) is 24.1. The molecule has 172 valence electrons. The Morgan fingerprint density at radius 1 is 0.912 bits per heavy atom. The van der Waals surface area contributed by atoms with Crippen LogP contribution < -0.4 is 4.74 Å². The van der Waals surface area contributed by atoms with Crippen molar-refractivity contribution in [3.8, 4) is 17.9 Å². The second-order valence-electron chi connectivity index (χ2n) is 7.47. The molecule has 2 aromatic carbocycles. The number of ether oxygens (including phenoxy) is 1. The zero-order valence-corrected chi connectivity index (χ0v) is 18.9. The molecule has 34 heavy (non-hydrogen) atoms. The highest BCUT2D eigenvalue weighted by atomic mass is 32.2. The molecule has 0 radical (unpaired) electrons. The lowest BCUT2D eigenvalue weighted by Crippen LogP contribution is -2.50. The number of hydrogen-bond donors (Lipinski definition) is 0. The summed E-state index contributed by atoms with van der Waals surface area (Å²) in [6.45, 7) is 0.644. The van der Waals surface area contributed by atoms with Crippen molar-refractivity contribution in [3.63, 3.8) is 0 Å². The number of nitrogens with zero attached hydrogens (tertiary/aromatic N) is 4. The SMILES string of the molecule is N#Cc1ccccc1OCc1ccc(C(=O)N2CCN(S(=O)(=O)c3ccccc3C#N)CC2)o1. The van der Waals surface area contributed by atoms with Gasteiger partial charge in [-0.05, 0) is 36.4 Å². The Morgan fingerprint density at radius 3 is 2.26 bits per heavy atom. The molecular weight excluding hydrogens is 456 g/mol. The predicted octanol–water partition coefficient (Wildman–Crippen LogP) is 2.75. The Kier molecular flexibility index (Phi) is 6.64. The molecule has 0 bridgehead atoms. The van der Waals surface area contributed by atoms with E-state index in [9.17, 15) is 18.5 Å². The minimum atomic E-state index is -3.84. The number of piperazine rings is 1. The molecule has 1 aliphatic rings. The number of benzene rings is 2. The summed E-state index contributed by atoms with van der Waals surface area (Å²) in [5.74, 6) is 0.617. The highest BCUT2D eigenvalue weighted by Gasteiger charge is 2.32. The predicted molar refractivity (Wildman–Crippen MR) is 120 cm³/mol. The van der Waals surface area contributed by atoms with Gasteiger partial charge in [0.05, 0.1) is 16.0 Å². The van der Waals surface area contributed by atoms with Gasteiger partial charge < -0.3 is 14.1 Å². The molecule has 0 spiro atoms. The molecule has 1 aromatic heterocycles. The summed E-state index contributed by atoms with van der Waals surface area (Å²) in [7, 11) is -3.84. The van der Waals surface area contributed by atoms with Crippen molar-refractivity contribution >= 4 is 15.9 Å². The summed E-state index contributed by atoms with van der Waals surface area (Å²) in [6.07, 6.45) is 0. The largest absolute Gasteiger partial charge is 0.484 e. The first-order chi connectivity index (χ1) is 16.4. The summed E-state index contributed by atoms with van der Waals surface area (Å²) in [6, 6.07) is 20.0. The summed E-state index contributed by atoms with van der Waals surface area (Å²) in [5, 5.41) is 18.4. The van der Waals surface area contributed by atoms with E-state index in [1.807, 2.05) is 6.07 Å². The van der Waals surface area contributed by atoms with Gasteiger partial charge in [-0.3, -0.25) is 4.79 Å². The van der Waals surface area contributed by atoms with Gasteiger partial charge in [-0.2, -0.15) is 14.8 Å². The van der Waals surface area contributed by atoms with E-state index in [4.69, 9.17) is 14.4 Å². The van der Waals surface area contributed by atoms with E-state index >= 15 is 0 Å². The average Bonchev–Trinajstić information content (AvgIpc) is 3.36. The molecule has 1 aliphatic heterocycles. The van der Waals surface area contributed by atoms with Gasteiger partial charge >= 0.3 is 0 Å². The van der Waals surface area contributed by atoms with Crippen LogP contribution in [0, 0.1) is 22.7 Å². The fraction of sp³-hybridized carbons (Fsp3) is 0.208. The second kappa shape index (κ2) is 9.79. The van der Waals surface area contributed by atoms with E-state index in [-0.39, 0.29) is 54.9 Å². The number of carbonyl (C=O) groups is 1. The van der Waals surface area contributed by atoms with Gasteiger partial charge in [0, 0.05) is 26.2 Å². The molecular formula is C24H20N4O5S. The van der Waals surface area contributed by atoms with E-state index in [1.165, 1.54) is 21.3 Å². The van der Waals surface area contributed by atoms with E-state index < -0.39 is 10.0 Å². The lowest BCUT2D eigenvalue weighted by Gasteiger charge is -2.33. The Morgan fingerprint density at radius 2 is 1.56 bits per heavy atom. The smallest absolute Gasteiger partial charge is 0.289 e. The summed E-state index contributed by atoms with van der Waals surface area (Å²) in [5.41, 5.74) is 0.485. The van der Waals surface area contributed by atoms with Crippen LogP contribution in [0.1, 0.15) is 27.4 Å². The molecule has 1 saturated heterocycles. The molecule has 0 atom stereocenters. The van der Waals surface area contributed by atoms with E-state index in [1.54, 1.807) is 48.5 Å². The van der Waals surface area contributed by atoms with E-state index in [2.05, 4.69) is 6.07 Å². The third-order valence-electron chi connectivity index (χ3n) is 5.40. The Balaban J connectivity index is 1.37. The highest BCUT2D eigenvalue weighted by molar-refractivity contribution is 7.89. The standard InChI is InChI=1S/C24H20N4O5S/c25-15-18-5-1-3-7-21(18)32-17-20-9-10-22(33-20)24(29)27-11-13-28(14-12-27)34(30,31)23-8-4-2-6-19(23)16-26/h1-10H,11-14,17H2. The minimum Gasteiger partial charge on any atom is -0.484 e. The first kappa shape index (κ1) is 23.1. The Hall–Kier alpha value is -4.12. The summed E-state index contributed by atoms with van der Waals surface area (Å²) < 4.78 is 38.5. The van der Waals surface area contributed by atoms with Crippen molar-refractivity contribution in [2.24, 2.45) is 0 Å². The fourth-order valence-electron chi connectivity index (χ4n) is 3.61. The van der Waals surface area contributed by atoms with E-state index in [0.717, 1.165) is 0 Å². The van der Waals surface area contributed by atoms with E-state index in [0.29, 0.717) is 17.1 Å². The number of para-hydroxylation sites is 1. The number of nitriles is 2. The average molecular weight is 477 g/mol. The van der Waals surface area contributed by atoms with Crippen LogP contribution in [0.25, 0.3) is 0 Å². The zero-order valence-electron chi connectivity index (χ0n) is 18.0. The molecule has 1 fully saturated rings. The van der Waals surface area contributed by atoms with Crippen LogP contribution in [0.4, 0.5) is 0 Å². The normalized spacial score (nSPS) is 14.2. The first-order valence-corrected chi connectivity index (χ1v) is 11.9. The molecule has 2 heterocycles. The van der Waals surface area contributed by atoms with Crippen LogP contribution in [0.2, 0.25) is 0 Å². The Labute approximate surface area is 197 Å². The fourth-order valence-corrected chi connectivity index (χ4v) is 5.18. The lowest BCUT2D eigenvalue weighted by atomic mass is 10.2. The van der Waals surface area contributed by atoms with Crippen LogP contribution in [-0.4, -0.2) is 49.7 Å². The van der Waals surface area contributed by atoms with Crippen LogP contribution in [-0.2, 0) is 16.6 Å². The first-order valence-electron chi connectivity index (χ1n) is 10.4. The van der Waals surface area contributed by atoms with Crippen molar-refractivity contribution < 1.29 is 22.4 Å². The molecule has 3 aromatic rings. The molecule has 10 heteroatoms. The number of rotatable bonds is 6. The topological polar surface area (TPSA) is 128 Å². The van der Waals surface area contributed by atoms with Crippen LogP contribution in [0.5, 0.6) is 5.75 Å². The van der Waals surface area contributed by atoms with Gasteiger partial charge in [0.25, 0.3) is 5.91 Å². The molecule has 0 unspecified atom stereocenters. The molecule has 4 rings (SSSR count). The maximum atomic E-state index is 13.0. The quantitative estimate of drug-likeness (QED) is 0.535. The van der Waals surface area contributed by atoms with Crippen molar-refractivity contribution in [1.82, 2.24) is 9.21 Å². The van der Waals surface area contributed by atoms with Crippen LogP contribution in [0.3, 0.4) is 0 Å². The van der Waals surface area contributed by atoms with Crippen LogP contribution in [0.15, 0.2) is 70.0 Å². The molecule has 0 saturated carbocycles. The maximum absolute atomic E-state index is 13.0. The second-order valence-corrected chi connectivity index (χ2v) is 9.37. The van der Waals surface area contributed by atoms with Crippen LogP contribution >= 0.6 is 0 Å². The van der Waals surface area contributed by atoms with Crippen molar-refractivity contribution in [2.75, 3.05) is 26.2 Å². The molecule has 1 amide bonds. The maximum Gasteiger partial charge on any atom is 0.289 e. The minimum absolute atomic E-state index is 0.0362.